The fraction of sp³-hybridized carbons (Fsp3) is 0.583. The fourth-order valence-electron chi connectivity index (χ4n) is 2.05. The third kappa shape index (κ3) is 2.15. The number of nitrogens with one attached hydrogen (secondary N) is 1. The molecule has 0 atom stereocenters. The smallest absolute Gasteiger partial charge is 0.249 e. The number of aryl methyl sites for hydroxylation is 2. The van der Waals surface area contributed by atoms with Gasteiger partial charge in [-0.1, -0.05) is 0 Å². The molecule has 1 aromatic rings. The highest BCUT2D eigenvalue weighted by Gasteiger charge is 2.39. The van der Waals surface area contributed by atoms with Crippen LogP contribution in [0.15, 0.2) is 6.07 Å². The van der Waals surface area contributed by atoms with Crippen LogP contribution in [0.4, 0.5) is 0 Å². The first-order valence-corrected chi connectivity index (χ1v) is 5.90. The van der Waals surface area contributed by atoms with Gasteiger partial charge in [-0.05, 0) is 26.8 Å². The van der Waals surface area contributed by atoms with Crippen LogP contribution >= 0.6 is 0 Å². The van der Waals surface area contributed by atoms with Crippen molar-refractivity contribution >= 4 is 11.8 Å². The quantitative estimate of drug-likeness (QED) is 0.748. The highest BCUT2D eigenvalue weighted by Crippen LogP contribution is 2.16. The van der Waals surface area contributed by atoms with Gasteiger partial charge in [0.05, 0.1) is 30.0 Å². The van der Waals surface area contributed by atoms with E-state index in [1.807, 2.05) is 20.0 Å². The summed E-state index contributed by atoms with van der Waals surface area (Å²) < 4.78 is 1.70. The van der Waals surface area contributed by atoms with E-state index in [-0.39, 0.29) is 24.9 Å². The average Bonchev–Trinajstić information content (AvgIpc) is 2.59. The zero-order valence-corrected chi connectivity index (χ0v) is 11.1. The molecule has 6 heteroatoms. The molecule has 0 radical (unpaired) electrons. The molecule has 1 aliphatic heterocycles. The van der Waals surface area contributed by atoms with E-state index in [4.69, 9.17) is 0 Å². The predicted octanol–water partition coefficient (Wildman–Crippen LogP) is -0.0345. The van der Waals surface area contributed by atoms with Crippen molar-refractivity contribution in [2.45, 2.75) is 32.9 Å². The maximum absolute atomic E-state index is 12.2. The molecule has 0 saturated carbocycles. The molecule has 2 heterocycles. The SMILES string of the molecule is Cc1cc(CN2C(=O)CNC(C)(C)C2=O)n(C)n1. The summed E-state index contributed by atoms with van der Waals surface area (Å²) in [6.07, 6.45) is 0. The Hall–Kier alpha value is -1.69. The summed E-state index contributed by atoms with van der Waals surface area (Å²) in [5, 5.41) is 7.15. The van der Waals surface area contributed by atoms with E-state index < -0.39 is 5.54 Å². The van der Waals surface area contributed by atoms with Gasteiger partial charge in [0.25, 0.3) is 0 Å². The molecule has 0 spiro atoms. The minimum Gasteiger partial charge on any atom is -0.295 e. The second-order valence-electron chi connectivity index (χ2n) is 5.16. The second-order valence-corrected chi connectivity index (χ2v) is 5.16. The van der Waals surface area contributed by atoms with E-state index in [1.54, 1.807) is 18.5 Å². The molecular weight excluding hydrogens is 232 g/mol. The molecule has 1 aliphatic rings. The van der Waals surface area contributed by atoms with E-state index >= 15 is 0 Å². The van der Waals surface area contributed by atoms with Crippen LogP contribution in [0.1, 0.15) is 25.2 Å². The van der Waals surface area contributed by atoms with Crippen LogP contribution in [-0.4, -0.2) is 38.6 Å². The molecule has 6 nitrogen and oxygen atoms in total. The summed E-state index contributed by atoms with van der Waals surface area (Å²) in [5.74, 6) is -0.393. The molecule has 1 aromatic heterocycles. The number of piperazine rings is 1. The van der Waals surface area contributed by atoms with E-state index in [0.29, 0.717) is 0 Å². The van der Waals surface area contributed by atoms with Gasteiger partial charge in [0, 0.05) is 7.05 Å². The number of nitrogens with zero attached hydrogens (tertiary/aromatic N) is 3. The molecule has 1 fully saturated rings. The van der Waals surface area contributed by atoms with Crippen LogP contribution in [0.3, 0.4) is 0 Å². The van der Waals surface area contributed by atoms with Crippen molar-refractivity contribution in [2.24, 2.45) is 7.05 Å². The van der Waals surface area contributed by atoms with E-state index in [2.05, 4.69) is 10.4 Å². The molecule has 2 amide bonds. The van der Waals surface area contributed by atoms with Crippen molar-refractivity contribution in [1.82, 2.24) is 20.0 Å². The lowest BCUT2D eigenvalue weighted by molar-refractivity contribution is -0.153. The predicted molar refractivity (Wildman–Crippen MR) is 65.6 cm³/mol. The zero-order valence-electron chi connectivity index (χ0n) is 11.1. The summed E-state index contributed by atoms with van der Waals surface area (Å²) in [5.41, 5.74) is 1.04. The third-order valence-corrected chi connectivity index (χ3v) is 3.18. The molecular formula is C12H18N4O2. The first-order valence-electron chi connectivity index (χ1n) is 5.90. The summed E-state index contributed by atoms with van der Waals surface area (Å²) in [4.78, 5) is 25.3. The van der Waals surface area contributed by atoms with E-state index in [1.165, 1.54) is 4.90 Å². The number of imide groups is 1. The van der Waals surface area contributed by atoms with Crippen molar-refractivity contribution in [2.75, 3.05) is 6.54 Å². The van der Waals surface area contributed by atoms with Crippen LogP contribution < -0.4 is 5.32 Å². The highest BCUT2D eigenvalue weighted by atomic mass is 16.2. The summed E-state index contributed by atoms with van der Waals surface area (Å²) >= 11 is 0. The van der Waals surface area contributed by atoms with Gasteiger partial charge in [-0.25, -0.2) is 0 Å². The van der Waals surface area contributed by atoms with Crippen LogP contribution in [0.25, 0.3) is 0 Å². The zero-order chi connectivity index (χ0) is 13.5. The lowest BCUT2D eigenvalue weighted by atomic mass is 10.0. The maximum Gasteiger partial charge on any atom is 0.249 e. The minimum atomic E-state index is -0.693. The monoisotopic (exact) mass is 250 g/mol. The molecule has 0 unspecified atom stereocenters. The van der Waals surface area contributed by atoms with Crippen molar-refractivity contribution in [3.63, 3.8) is 0 Å². The molecule has 0 bridgehead atoms. The lowest BCUT2D eigenvalue weighted by Gasteiger charge is -2.36. The Kier molecular flexibility index (Phi) is 2.98. The fourth-order valence-corrected chi connectivity index (χ4v) is 2.05. The van der Waals surface area contributed by atoms with Gasteiger partial charge in [-0.2, -0.15) is 5.10 Å². The Morgan fingerprint density at radius 1 is 1.44 bits per heavy atom. The Morgan fingerprint density at radius 2 is 2.11 bits per heavy atom. The van der Waals surface area contributed by atoms with Crippen LogP contribution in [0, 0.1) is 6.92 Å². The van der Waals surface area contributed by atoms with Gasteiger partial charge in [0.1, 0.15) is 0 Å². The average molecular weight is 250 g/mol. The second kappa shape index (κ2) is 4.20. The lowest BCUT2D eigenvalue weighted by Crippen LogP contribution is -2.63. The van der Waals surface area contributed by atoms with Crippen LogP contribution in [0.2, 0.25) is 0 Å². The van der Waals surface area contributed by atoms with Gasteiger partial charge in [0.2, 0.25) is 11.8 Å². The van der Waals surface area contributed by atoms with Crippen molar-refractivity contribution < 1.29 is 9.59 Å². The van der Waals surface area contributed by atoms with Crippen molar-refractivity contribution in [3.05, 3.63) is 17.5 Å². The Labute approximate surface area is 106 Å². The molecule has 98 valence electrons. The van der Waals surface area contributed by atoms with E-state index in [0.717, 1.165) is 11.4 Å². The van der Waals surface area contributed by atoms with Gasteiger partial charge in [0.15, 0.2) is 0 Å². The first-order chi connectivity index (χ1) is 8.31. The molecule has 2 rings (SSSR count). The minimum absolute atomic E-state index is 0.190. The Morgan fingerprint density at radius 3 is 2.67 bits per heavy atom. The molecule has 18 heavy (non-hydrogen) atoms. The largest absolute Gasteiger partial charge is 0.295 e. The first kappa shape index (κ1) is 12.8. The molecule has 0 aliphatic carbocycles. The number of hydrogen-bond acceptors (Lipinski definition) is 4. The Balaban J connectivity index is 2.24. The van der Waals surface area contributed by atoms with Gasteiger partial charge in [-0.3, -0.25) is 24.5 Å². The molecule has 1 saturated heterocycles. The highest BCUT2D eigenvalue weighted by molar-refractivity contribution is 6.02. The van der Waals surface area contributed by atoms with Crippen LogP contribution in [-0.2, 0) is 23.2 Å². The van der Waals surface area contributed by atoms with Gasteiger partial charge >= 0.3 is 0 Å². The topological polar surface area (TPSA) is 67.2 Å². The van der Waals surface area contributed by atoms with Crippen molar-refractivity contribution in [1.29, 1.82) is 0 Å². The maximum atomic E-state index is 12.2. The molecule has 0 aromatic carbocycles. The summed E-state index contributed by atoms with van der Waals surface area (Å²) in [7, 11) is 1.81. The molecule has 1 N–H and O–H groups in total. The number of carbonyl (C=O) groups is 2. The number of hydrogen-bond donors (Lipinski definition) is 1. The Bertz CT molecular complexity index is 504. The summed E-state index contributed by atoms with van der Waals surface area (Å²) in [6.45, 7) is 5.91. The van der Waals surface area contributed by atoms with E-state index in [9.17, 15) is 9.59 Å². The number of carbonyl (C=O) groups excluding carboxylic acids is 2. The summed E-state index contributed by atoms with van der Waals surface area (Å²) in [6, 6.07) is 1.88. The standard InChI is InChI=1S/C12H18N4O2/c1-8-5-9(15(4)14-8)7-16-10(17)6-13-12(2,3)11(16)18/h5,13H,6-7H2,1-4H3. The van der Waals surface area contributed by atoms with Crippen LogP contribution in [0.5, 0.6) is 0 Å². The van der Waals surface area contributed by atoms with Gasteiger partial charge in [-0.15, -0.1) is 0 Å². The van der Waals surface area contributed by atoms with Gasteiger partial charge < -0.3 is 0 Å². The number of rotatable bonds is 2. The third-order valence-electron chi connectivity index (χ3n) is 3.18. The van der Waals surface area contributed by atoms with Crippen molar-refractivity contribution in [3.8, 4) is 0 Å². The number of aromatic nitrogens is 2. The number of amides is 2. The normalized spacial score (nSPS) is 19.4.